The van der Waals surface area contributed by atoms with Crippen molar-refractivity contribution < 1.29 is 4.39 Å². The number of nitrogens with two attached hydrogens (primary N) is 1. The summed E-state index contributed by atoms with van der Waals surface area (Å²) in [7, 11) is 0. The third-order valence-corrected chi connectivity index (χ3v) is 4.24. The van der Waals surface area contributed by atoms with E-state index >= 15 is 0 Å². The first kappa shape index (κ1) is 15.7. The molecule has 0 saturated carbocycles. The van der Waals surface area contributed by atoms with Crippen molar-refractivity contribution in [2.45, 2.75) is 51.6 Å². The summed E-state index contributed by atoms with van der Waals surface area (Å²) in [5, 5.41) is 4.58. The molecule has 21 heavy (non-hydrogen) atoms. The van der Waals surface area contributed by atoms with E-state index in [1.807, 2.05) is 29.9 Å². The van der Waals surface area contributed by atoms with Crippen molar-refractivity contribution in [3.63, 3.8) is 0 Å². The van der Waals surface area contributed by atoms with Crippen molar-refractivity contribution in [3.8, 4) is 0 Å². The number of rotatable bonds is 6. The van der Waals surface area contributed by atoms with Crippen LogP contribution in [-0.2, 0) is 12.0 Å². The Morgan fingerprint density at radius 2 is 2.00 bits per heavy atom. The van der Waals surface area contributed by atoms with Crippen molar-refractivity contribution >= 4 is 0 Å². The predicted molar refractivity (Wildman–Crippen MR) is 83.5 cm³/mol. The summed E-state index contributed by atoms with van der Waals surface area (Å²) < 4.78 is 16.0. The first-order chi connectivity index (χ1) is 10.00. The van der Waals surface area contributed by atoms with E-state index in [4.69, 9.17) is 5.73 Å². The van der Waals surface area contributed by atoms with E-state index in [-0.39, 0.29) is 5.82 Å². The molecule has 2 aromatic rings. The zero-order valence-electron chi connectivity index (χ0n) is 13.0. The summed E-state index contributed by atoms with van der Waals surface area (Å²) in [4.78, 5) is 0. The summed E-state index contributed by atoms with van der Waals surface area (Å²) in [6.45, 7) is 6.24. The molecule has 1 aromatic carbocycles. The molecule has 1 aromatic heterocycles. The summed E-state index contributed by atoms with van der Waals surface area (Å²) >= 11 is 0. The van der Waals surface area contributed by atoms with E-state index in [1.165, 1.54) is 6.07 Å². The summed E-state index contributed by atoms with van der Waals surface area (Å²) in [6, 6.07) is 9.08. The number of aromatic nitrogens is 2. The largest absolute Gasteiger partial charge is 0.321 e. The highest BCUT2D eigenvalue weighted by Gasteiger charge is 2.29. The van der Waals surface area contributed by atoms with Crippen LogP contribution in [0.2, 0.25) is 0 Å². The Kier molecular flexibility index (Phi) is 4.78. The van der Waals surface area contributed by atoms with Gasteiger partial charge >= 0.3 is 0 Å². The Bertz CT molecular complexity index is 593. The van der Waals surface area contributed by atoms with Gasteiger partial charge in [-0.3, -0.25) is 4.68 Å². The van der Waals surface area contributed by atoms with Crippen LogP contribution >= 0.6 is 0 Å². The molecule has 2 unspecified atom stereocenters. The Morgan fingerprint density at radius 3 is 2.62 bits per heavy atom. The molecule has 0 bridgehead atoms. The zero-order valence-corrected chi connectivity index (χ0v) is 13.0. The van der Waals surface area contributed by atoms with Crippen LogP contribution in [-0.4, -0.2) is 9.78 Å². The topological polar surface area (TPSA) is 43.8 Å². The molecule has 2 rings (SSSR count). The van der Waals surface area contributed by atoms with Crippen molar-refractivity contribution in [3.05, 3.63) is 53.6 Å². The van der Waals surface area contributed by atoms with Gasteiger partial charge in [-0.15, -0.1) is 0 Å². The molecule has 0 fully saturated rings. The number of hydrogen-bond donors (Lipinski definition) is 1. The number of benzene rings is 1. The third kappa shape index (κ3) is 3.32. The van der Waals surface area contributed by atoms with Crippen molar-refractivity contribution in [2.24, 2.45) is 5.73 Å². The van der Waals surface area contributed by atoms with Gasteiger partial charge in [0.2, 0.25) is 0 Å². The zero-order chi connectivity index (χ0) is 15.5. The molecule has 0 amide bonds. The van der Waals surface area contributed by atoms with Crippen molar-refractivity contribution in [1.29, 1.82) is 0 Å². The second kappa shape index (κ2) is 6.39. The highest BCUT2D eigenvalue weighted by molar-refractivity contribution is 5.27. The van der Waals surface area contributed by atoms with Crippen LogP contribution in [0.4, 0.5) is 4.39 Å². The fraction of sp³-hybridized carbons (Fsp3) is 0.471. The van der Waals surface area contributed by atoms with Crippen LogP contribution in [0.25, 0.3) is 0 Å². The molecule has 2 atom stereocenters. The minimum absolute atomic E-state index is 0.247. The normalized spacial score (nSPS) is 15.7. The van der Waals surface area contributed by atoms with Crippen LogP contribution in [0, 0.1) is 5.82 Å². The lowest BCUT2D eigenvalue weighted by Crippen LogP contribution is -2.39. The predicted octanol–water partition coefficient (Wildman–Crippen LogP) is 3.80. The van der Waals surface area contributed by atoms with E-state index in [2.05, 4.69) is 18.9 Å². The molecule has 114 valence electrons. The fourth-order valence-corrected chi connectivity index (χ4v) is 2.50. The molecule has 2 N–H and O–H groups in total. The van der Waals surface area contributed by atoms with Gasteiger partial charge in [0.05, 0.1) is 5.69 Å². The smallest absolute Gasteiger partial charge is 0.128 e. The van der Waals surface area contributed by atoms with Gasteiger partial charge in [0, 0.05) is 29.8 Å². The first-order valence-electron chi connectivity index (χ1n) is 7.58. The average Bonchev–Trinajstić information content (AvgIpc) is 2.95. The summed E-state index contributed by atoms with van der Waals surface area (Å²) in [5.74, 6) is -0.247. The maximum absolute atomic E-state index is 14.1. The van der Waals surface area contributed by atoms with Crippen molar-refractivity contribution in [1.82, 2.24) is 9.78 Å². The van der Waals surface area contributed by atoms with Gasteiger partial charge in [0.25, 0.3) is 0 Å². The number of halogens is 1. The Labute approximate surface area is 126 Å². The minimum Gasteiger partial charge on any atom is -0.321 e. The molecule has 4 heteroatoms. The third-order valence-electron chi connectivity index (χ3n) is 4.24. The van der Waals surface area contributed by atoms with E-state index < -0.39 is 5.54 Å². The molecule has 0 aliphatic carbocycles. The minimum atomic E-state index is -0.722. The van der Waals surface area contributed by atoms with E-state index in [0.29, 0.717) is 24.4 Å². The Morgan fingerprint density at radius 1 is 1.29 bits per heavy atom. The molecular formula is C17H24FN3. The highest BCUT2D eigenvalue weighted by Crippen LogP contribution is 2.28. The second-order valence-electron chi connectivity index (χ2n) is 5.71. The Hall–Kier alpha value is -1.68. The fourth-order valence-electron chi connectivity index (χ4n) is 2.50. The standard InChI is InChI=1S/C17H24FN3/c1-4-13(3)21-11-10-14(20-21)12-17(19,5-2)15-8-6-7-9-16(15)18/h6-11,13H,4-5,12,19H2,1-3H3. The molecular weight excluding hydrogens is 265 g/mol. The number of hydrogen-bond acceptors (Lipinski definition) is 2. The van der Waals surface area contributed by atoms with Gasteiger partial charge in [-0.2, -0.15) is 5.10 Å². The lowest BCUT2D eigenvalue weighted by molar-refractivity contribution is 0.393. The first-order valence-corrected chi connectivity index (χ1v) is 7.58. The SMILES string of the molecule is CCC(C)n1ccc(CC(N)(CC)c2ccccc2F)n1. The monoisotopic (exact) mass is 289 g/mol. The molecule has 0 spiro atoms. The molecule has 1 heterocycles. The second-order valence-corrected chi connectivity index (χ2v) is 5.71. The molecule has 0 aliphatic rings. The maximum Gasteiger partial charge on any atom is 0.128 e. The van der Waals surface area contributed by atoms with Crippen LogP contribution < -0.4 is 5.73 Å². The van der Waals surface area contributed by atoms with Gasteiger partial charge < -0.3 is 5.73 Å². The van der Waals surface area contributed by atoms with Gasteiger partial charge in [-0.05, 0) is 31.9 Å². The van der Waals surface area contributed by atoms with Crippen LogP contribution in [0.1, 0.15) is 50.9 Å². The average molecular weight is 289 g/mol. The molecule has 0 radical (unpaired) electrons. The van der Waals surface area contributed by atoms with Gasteiger partial charge in [0.15, 0.2) is 0 Å². The van der Waals surface area contributed by atoms with Gasteiger partial charge in [-0.25, -0.2) is 4.39 Å². The summed E-state index contributed by atoms with van der Waals surface area (Å²) in [5.41, 5.74) is 7.22. The van der Waals surface area contributed by atoms with Crippen LogP contribution in [0.15, 0.2) is 36.5 Å². The number of nitrogens with zero attached hydrogens (tertiary/aromatic N) is 2. The molecule has 0 saturated heterocycles. The van der Waals surface area contributed by atoms with Crippen molar-refractivity contribution in [2.75, 3.05) is 0 Å². The lowest BCUT2D eigenvalue weighted by Gasteiger charge is -2.28. The van der Waals surface area contributed by atoms with Gasteiger partial charge in [-0.1, -0.05) is 32.0 Å². The van der Waals surface area contributed by atoms with Crippen LogP contribution in [0.3, 0.4) is 0 Å². The van der Waals surface area contributed by atoms with E-state index in [1.54, 1.807) is 12.1 Å². The quantitative estimate of drug-likeness (QED) is 0.879. The summed E-state index contributed by atoms with van der Waals surface area (Å²) in [6.07, 6.45) is 4.19. The van der Waals surface area contributed by atoms with Gasteiger partial charge in [0.1, 0.15) is 5.82 Å². The van der Waals surface area contributed by atoms with Crippen LogP contribution in [0.5, 0.6) is 0 Å². The van der Waals surface area contributed by atoms with E-state index in [0.717, 1.165) is 12.1 Å². The molecule has 3 nitrogen and oxygen atoms in total. The Balaban J connectivity index is 2.26. The lowest BCUT2D eigenvalue weighted by atomic mass is 9.84. The maximum atomic E-state index is 14.1. The van der Waals surface area contributed by atoms with E-state index in [9.17, 15) is 4.39 Å². The highest BCUT2D eigenvalue weighted by atomic mass is 19.1. The molecule has 0 aliphatic heterocycles.